The van der Waals surface area contributed by atoms with Gasteiger partial charge in [0.05, 0.1) is 23.3 Å². The van der Waals surface area contributed by atoms with Gasteiger partial charge in [-0.05, 0) is 31.9 Å². The molecule has 152 valence electrons. The Labute approximate surface area is 169 Å². The summed E-state index contributed by atoms with van der Waals surface area (Å²) in [4.78, 5) is 40.2. The monoisotopic (exact) mass is 407 g/mol. The van der Waals surface area contributed by atoms with Crippen molar-refractivity contribution in [2.75, 3.05) is 38.0 Å². The number of hydrogen-bond donors (Lipinski definition) is 3. The maximum Gasteiger partial charge on any atom is 0.321 e. The highest BCUT2D eigenvalue weighted by Crippen LogP contribution is 2.20. The Morgan fingerprint density at radius 3 is 2.46 bits per heavy atom. The summed E-state index contributed by atoms with van der Waals surface area (Å²) in [7, 11) is 0. The molecule has 0 bridgehead atoms. The van der Waals surface area contributed by atoms with Crippen molar-refractivity contribution in [3.05, 3.63) is 29.3 Å². The summed E-state index contributed by atoms with van der Waals surface area (Å²) in [6.07, 6.45) is 1.95. The van der Waals surface area contributed by atoms with Gasteiger partial charge in [0, 0.05) is 32.2 Å². The van der Waals surface area contributed by atoms with Crippen molar-refractivity contribution in [2.45, 2.75) is 31.8 Å². The summed E-state index contributed by atoms with van der Waals surface area (Å²) in [5.41, 5.74) is 0.600. The van der Waals surface area contributed by atoms with E-state index >= 15 is 0 Å². The number of piperazine rings is 1. The molecule has 1 unspecified atom stereocenters. The van der Waals surface area contributed by atoms with Crippen LogP contribution in [0.5, 0.6) is 0 Å². The third-order valence-electron chi connectivity index (χ3n) is 5.00. The maximum absolute atomic E-state index is 12.2. The Morgan fingerprint density at radius 2 is 1.82 bits per heavy atom. The quantitative estimate of drug-likeness (QED) is 0.660. The van der Waals surface area contributed by atoms with Gasteiger partial charge in [-0.2, -0.15) is 0 Å². The first-order chi connectivity index (χ1) is 13.4. The largest absolute Gasteiger partial charge is 0.335 e. The molecule has 0 aromatic heterocycles. The van der Waals surface area contributed by atoms with E-state index in [0.29, 0.717) is 36.9 Å². The SMILES string of the molecule is CC(C(=O)NC(=O)NC1CC1)N1CCN(CC(=O)Nc2ccccc2Cl)CC1. The molecule has 3 N–H and O–H groups in total. The van der Waals surface area contributed by atoms with Crippen LogP contribution in [-0.4, -0.2) is 72.5 Å². The number of benzene rings is 1. The molecule has 0 radical (unpaired) electrons. The van der Waals surface area contributed by atoms with Crippen LogP contribution in [0.3, 0.4) is 0 Å². The summed E-state index contributed by atoms with van der Waals surface area (Å²) in [5.74, 6) is -0.424. The first-order valence-corrected chi connectivity index (χ1v) is 9.92. The second kappa shape index (κ2) is 9.36. The second-order valence-electron chi connectivity index (χ2n) is 7.25. The van der Waals surface area contributed by atoms with Gasteiger partial charge < -0.3 is 10.6 Å². The van der Waals surface area contributed by atoms with E-state index in [9.17, 15) is 14.4 Å². The molecule has 1 aromatic carbocycles. The molecule has 3 rings (SSSR count). The van der Waals surface area contributed by atoms with E-state index in [1.54, 1.807) is 19.1 Å². The van der Waals surface area contributed by atoms with Crippen LogP contribution in [0.1, 0.15) is 19.8 Å². The van der Waals surface area contributed by atoms with E-state index in [1.807, 2.05) is 21.9 Å². The van der Waals surface area contributed by atoms with Gasteiger partial charge in [0.15, 0.2) is 0 Å². The van der Waals surface area contributed by atoms with Crippen LogP contribution in [0.25, 0.3) is 0 Å². The molecular weight excluding hydrogens is 382 g/mol. The third-order valence-corrected chi connectivity index (χ3v) is 5.33. The van der Waals surface area contributed by atoms with E-state index in [4.69, 9.17) is 11.6 Å². The number of hydrogen-bond acceptors (Lipinski definition) is 5. The van der Waals surface area contributed by atoms with E-state index in [-0.39, 0.29) is 24.4 Å². The minimum atomic E-state index is -0.422. The summed E-state index contributed by atoms with van der Waals surface area (Å²) >= 11 is 6.06. The lowest BCUT2D eigenvalue weighted by Crippen LogP contribution is -2.56. The molecule has 4 amide bonds. The lowest BCUT2D eigenvalue weighted by atomic mass is 10.2. The molecule has 1 aliphatic heterocycles. The van der Waals surface area contributed by atoms with Crippen LogP contribution in [0.2, 0.25) is 5.02 Å². The van der Waals surface area contributed by atoms with Crippen molar-refractivity contribution < 1.29 is 14.4 Å². The van der Waals surface area contributed by atoms with Crippen molar-refractivity contribution in [3.63, 3.8) is 0 Å². The number of carbonyl (C=O) groups excluding carboxylic acids is 3. The number of urea groups is 1. The predicted molar refractivity (Wildman–Crippen MR) is 107 cm³/mol. The van der Waals surface area contributed by atoms with Crippen molar-refractivity contribution in [3.8, 4) is 0 Å². The third kappa shape index (κ3) is 5.92. The number of nitrogens with one attached hydrogen (secondary N) is 3. The molecule has 1 aromatic rings. The molecule has 9 heteroatoms. The molecule has 28 heavy (non-hydrogen) atoms. The Balaban J connectivity index is 1.39. The van der Waals surface area contributed by atoms with E-state index in [2.05, 4.69) is 16.0 Å². The molecule has 1 aliphatic carbocycles. The van der Waals surface area contributed by atoms with E-state index < -0.39 is 12.1 Å². The highest BCUT2D eigenvalue weighted by Gasteiger charge is 2.29. The zero-order chi connectivity index (χ0) is 20.1. The van der Waals surface area contributed by atoms with Gasteiger partial charge in [-0.3, -0.25) is 24.7 Å². The number of imide groups is 1. The molecule has 1 heterocycles. The number of rotatable bonds is 6. The number of carbonyl (C=O) groups is 3. The molecule has 8 nitrogen and oxygen atoms in total. The van der Waals surface area contributed by atoms with Gasteiger partial charge in [-0.15, -0.1) is 0 Å². The van der Waals surface area contributed by atoms with Crippen LogP contribution in [-0.2, 0) is 9.59 Å². The van der Waals surface area contributed by atoms with Crippen molar-refractivity contribution in [1.82, 2.24) is 20.4 Å². The first-order valence-electron chi connectivity index (χ1n) is 9.54. The predicted octanol–water partition coefficient (Wildman–Crippen LogP) is 1.27. The highest BCUT2D eigenvalue weighted by molar-refractivity contribution is 6.33. The topological polar surface area (TPSA) is 93.8 Å². The van der Waals surface area contributed by atoms with Crippen molar-refractivity contribution in [1.29, 1.82) is 0 Å². The van der Waals surface area contributed by atoms with Crippen LogP contribution in [0.4, 0.5) is 10.5 Å². The van der Waals surface area contributed by atoms with E-state index in [1.165, 1.54) is 0 Å². The van der Waals surface area contributed by atoms with Crippen molar-refractivity contribution in [2.24, 2.45) is 0 Å². The Bertz CT molecular complexity index is 732. The number of para-hydroxylation sites is 1. The minimum absolute atomic E-state index is 0.121. The summed E-state index contributed by atoms with van der Waals surface area (Å²) in [6.45, 7) is 4.70. The van der Waals surface area contributed by atoms with Crippen LogP contribution >= 0.6 is 11.6 Å². The molecule has 2 fully saturated rings. The molecule has 1 atom stereocenters. The zero-order valence-electron chi connectivity index (χ0n) is 15.9. The zero-order valence-corrected chi connectivity index (χ0v) is 16.7. The fourth-order valence-electron chi connectivity index (χ4n) is 3.10. The van der Waals surface area contributed by atoms with E-state index in [0.717, 1.165) is 12.8 Å². The van der Waals surface area contributed by atoms with Gasteiger partial charge >= 0.3 is 6.03 Å². The summed E-state index contributed by atoms with van der Waals surface area (Å²) in [6, 6.07) is 6.51. The lowest BCUT2D eigenvalue weighted by Gasteiger charge is -2.37. The number of halogens is 1. The fourth-order valence-corrected chi connectivity index (χ4v) is 3.28. The lowest BCUT2D eigenvalue weighted by molar-refractivity contribution is -0.126. The minimum Gasteiger partial charge on any atom is -0.335 e. The number of anilines is 1. The Hall–Kier alpha value is -2.16. The number of nitrogens with zero attached hydrogens (tertiary/aromatic N) is 2. The number of amides is 4. The fraction of sp³-hybridized carbons (Fsp3) is 0.526. The van der Waals surface area contributed by atoms with Gasteiger partial charge in [0.1, 0.15) is 0 Å². The van der Waals surface area contributed by atoms with Gasteiger partial charge in [0.25, 0.3) is 0 Å². The molecule has 1 saturated heterocycles. The standard InChI is InChI=1S/C19H26ClN5O3/c1-13(18(27)23-19(28)21-14-6-7-14)25-10-8-24(9-11-25)12-17(26)22-16-5-3-2-4-15(16)20/h2-5,13-14H,6-12H2,1H3,(H,22,26)(H2,21,23,27,28). The molecule has 1 saturated carbocycles. The van der Waals surface area contributed by atoms with Gasteiger partial charge in [0.2, 0.25) is 11.8 Å². The molecule has 0 spiro atoms. The molecular formula is C19H26ClN5O3. The maximum atomic E-state index is 12.2. The highest BCUT2D eigenvalue weighted by atomic mass is 35.5. The Kier molecular flexibility index (Phi) is 6.88. The average Bonchev–Trinajstić information content (AvgIpc) is 3.47. The average molecular weight is 408 g/mol. The van der Waals surface area contributed by atoms with Gasteiger partial charge in [-0.25, -0.2) is 4.79 Å². The normalized spacial score (nSPS) is 18.9. The smallest absolute Gasteiger partial charge is 0.321 e. The summed E-state index contributed by atoms with van der Waals surface area (Å²) < 4.78 is 0. The first kappa shape index (κ1) is 20.6. The van der Waals surface area contributed by atoms with Crippen LogP contribution < -0.4 is 16.0 Å². The van der Waals surface area contributed by atoms with Crippen LogP contribution in [0.15, 0.2) is 24.3 Å². The summed E-state index contributed by atoms with van der Waals surface area (Å²) in [5, 5.41) is 8.47. The Morgan fingerprint density at radius 1 is 1.14 bits per heavy atom. The van der Waals surface area contributed by atoms with Crippen LogP contribution in [0, 0.1) is 0 Å². The second-order valence-corrected chi connectivity index (χ2v) is 7.66. The van der Waals surface area contributed by atoms with Gasteiger partial charge in [-0.1, -0.05) is 23.7 Å². The van der Waals surface area contributed by atoms with Crippen molar-refractivity contribution >= 4 is 35.1 Å². The molecule has 2 aliphatic rings.